The molecular formula is C16H27NO5. The van der Waals surface area contributed by atoms with Gasteiger partial charge in [0.15, 0.2) is 0 Å². The third kappa shape index (κ3) is 7.95. The molecule has 4 N–H and O–H groups in total. The number of hydrogen-bond donors (Lipinski definition) is 4. The van der Waals surface area contributed by atoms with Crippen molar-refractivity contribution in [1.82, 2.24) is 4.98 Å². The van der Waals surface area contributed by atoms with Crippen LogP contribution < -0.4 is 0 Å². The smallest absolute Gasteiger partial charge is 0.303 e. The number of pyridine rings is 1. The molecule has 0 aliphatic carbocycles. The lowest BCUT2D eigenvalue weighted by Gasteiger charge is -2.07. The van der Waals surface area contributed by atoms with Crippen LogP contribution in [0.3, 0.4) is 0 Å². The van der Waals surface area contributed by atoms with Crippen LogP contribution in [0, 0.1) is 6.92 Å². The number of carboxylic acids is 1. The molecule has 0 spiro atoms. The number of unbranched alkanes of at least 4 members (excludes halogenated alkanes) is 4. The van der Waals surface area contributed by atoms with Gasteiger partial charge in [-0.1, -0.05) is 32.6 Å². The minimum Gasteiger partial charge on any atom is -0.506 e. The molecule has 1 heterocycles. The quantitative estimate of drug-likeness (QED) is 0.549. The Kier molecular flexibility index (Phi) is 11.0. The first-order valence-electron chi connectivity index (χ1n) is 7.57. The maximum Gasteiger partial charge on any atom is 0.303 e. The van der Waals surface area contributed by atoms with E-state index in [2.05, 4.69) is 11.9 Å². The lowest BCUT2D eigenvalue weighted by atomic mass is 10.1. The zero-order valence-corrected chi connectivity index (χ0v) is 13.4. The van der Waals surface area contributed by atoms with Gasteiger partial charge in [0.1, 0.15) is 5.75 Å². The molecule has 1 aromatic heterocycles. The molecule has 22 heavy (non-hydrogen) atoms. The summed E-state index contributed by atoms with van der Waals surface area (Å²) in [4.78, 5) is 13.9. The highest BCUT2D eigenvalue weighted by Crippen LogP contribution is 2.23. The fourth-order valence-electron chi connectivity index (χ4n) is 1.88. The van der Waals surface area contributed by atoms with E-state index in [1.54, 1.807) is 6.92 Å². The van der Waals surface area contributed by atoms with Gasteiger partial charge in [-0.3, -0.25) is 9.78 Å². The maximum atomic E-state index is 10.0. The summed E-state index contributed by atoms with van der Waals surface area (Å²) in [6.45, 7) is 3.27. The number of carboxylic acid groups (broad SMARTS) is 1. The molecule has 6 nitrogen and oxygen atoms in total. The number of hydrogen-bond acceptors (Lipinski definition) is 5. The molecule has 0 radical (unpaired) electrons. The molecule has 126 valence electrons. The monoisotopic (exact) mass is 313 g/mol. The van der Waals surface area contributed by atoms with Crippen LogP contribution in [-0.4, -0.2) is 31.4 Å². The van der Waals surface area contributed by atoms with Crippen molar-refractivity contribution in [3.8, 4) is 5.75 Å². The first-order valence-corrected chi connectivity index (χ1v) is 7.57. The van der Waals surface area contributed by atoms with Gasteiger partial charge in [-0.15, -0.1) is 0 Å². The van der Waals surface area contributed by atoms with Gasteiger partial charge >= 0.3 is 5.97 Å². The van der Waals surface area contributed by atoms with Crippen LogP contribution in [0.2, 0.25) is 0 Å². The second kappa shape index (κ2) is 11.9. The average molecular weight is 313 g/mol. The Hall–Kier alpha value is -1.66. The number of carbonyl (C=O) groups is 1. The Morgan fingerprint density at radius 1 is 1.14 bits per heavy atom. The van der Waals surface area contributed by atoms with Crippen LogP contribution in [0.15, 0.2) is 6.20 Å². The molecule has 1 rings (SSSR count). The van der Waals surface area contributed by atoms with Gasteiger partial charge in [0.05, 0.1) is 18.9 Å². The number of aryl methyl sites for hydroxylation is 1. The minimum atomic E-state index is -0.670. The Morgan fingerprint density at radius 3 is 2.27 bits per heavy atom. The van der Waals surface area contributed by atoms with Crippen LogP contribution >= 0.6 is 0 Å². The number of nitrogens with zero attached hydrogens (tertiary/aromatic N) is 1. The Balaban J connectivity index is 0.000000409. The highest BCUT2D eigenvalue weighted by molar-refractivity contribution is 5.66. The fourth-order valence-corrected chi connectivity index (χ4v) is 1.88. The number of aromatic nitrogens is 1. The van der Waals surface area contributed by atoms with Gasteiger partial charge in [-0.05, 0) is 13.3 Å². The Morgan fingerprint density at radius 2 is 1.77 bits per heavy atom. The van der Waals surface area contributed by atoms with Gasteiger partial charge in [-0.25, -0.2) is 0 Å². The van der Waals surface area contributed by atoms with Crippen LogP contribution in [0.1, 0.15) is 62.3 Å². The largest absolute Gasteiger partial charge is 0.506 e. The SMILES string of the molecule is CCCCCCCC(=O)O.Cc1ncc(CO)c(CO)c1O. The lowest BCUT2D eigenvalue weighted by molar-refractivity contribution is -0.137. The fraction of sp³-hybridized carbons (Fsp3) is 0.625. The molecule has 0 aliphatic heterocycles. The molecule has 0 saturated heterocycles. The molecule has 1 aromatic rings. The highest BCUT2D eigenvalue weighted by atomic mass is 16.4. The summed E-state index contributed by atoms with van der Waals surface area (Å²) < 4.78 is 0. The minimum absolute atomic E-state index is 0.0379. The van der Waals surface area contributed by atoms with Crippen molar-refractivity contribution in [1.29, 1.82) is 0 Å². The number of aliphatic hydroxyl groups excluding tert-OH is 2. The first-order chi connectivity index (χ1) is 10.5. The van der Waals surface area contributed by atoms with E-state index in [4.69, 9.17) is 15.3 Å². The second-order valence-electron chi connectivity index (χ2n) is 5.07. The standard InChI is InChI=1S/C8H11NO3.C8H16O2/c1-5-8(12)7(4-11)6(3-10)2-9-5;1-2-3-4-5-6-7-8(9)10/h2,10-12H,3-4H2,1H3;2-7H2,1H3,(H,9,10). The summed E-state index contributed by atoms with van der Waals surface area (Å²) in [6, 6.07) is 0. The number of aliphatic hydroxyl groups is 2. The van der Waals surface area contributed by atoms with Crippen LogP contribution in [0.5, 0.6) is 5.75 Å². The molecule has 0 saturated carbocycles. The van der Waals surface area contributed by atoms with Crippen molar-refractivity contribution in [2.45, 2.75) is 65.6 Å². The van der Waals surface area contributed by atoms with Gasteiger partial charge in [-0.2, -0.15) is 0 Å². The zero-order valence-electron chi connectivity index (χ0n) is 13.4. The molecule has 0 aliphatic rings. The van der Waals surface area contributed by atoms with E-state index in [-0.39, 0.29) is 19.0 Å². The van der Waals surface area contributed by atoms with Crippen molar-refractivity contribution in [2.75, 3.05) is 0 Å². The molecule has 0 bridgehead atoms. The first kappa shape index (κ1) is 20.3. The number of aliphatic carboxylic acids is 1. The Labute approximate surface area is 131 Å². The van der Waals surface area contributed by atoms with E-state index in [1.165, 1.54) is 25.5 Å². The van der Waals surface area contributed by atoms with Crippen molar-refractivity contribution in [3.05, 3.63) is 23.0 Å². The summed E-state index contributed by atoms with van der Waals surface area (Å²) in [6.07, 6.45) is 7.33. The normalized spacial score (nSPS) is 10.0. The van der Waals surface area contributed by atoms with E-state index in [0.29, 0.717) is 23.2 Å². The number of aromatic hydroxyl groups is 1. The third-order valence-corrected chi connectivity index (χ3v) is 3.25. The van der Waals surface area contributed by atoms with Gasteiger partial charge in [0.2, 0.25) is 0 Å². The van der Waals surface area contributed by atoms with Crippen molar-refractivity contribution >= 4 is 5.97 Å². The van der Waals surface area contributed by atoms with E-state index in [0.717, 1.165) is 12.8 Å². The second-order valence-corrected chi connectivity index (χ2v) is 5.07. The topological polar surface area (TPSA) is 111 Å². The van der Waals surface area contributed by atoms with E-state index >= 15 is 0 Å². The molecule has 0 fully saturated rings. The summed E-state index contributed by atoms with van der Waals surface area (Å²) in [7, 11) is 0. The molecular weight excluding hydrogens is 286 g/mol. The van der Waals surface area contributed by atoms with Crippen LogP contribution in [0.4, 0.5) is 0 Å². The van der Waals surface area contributed by atoms with Crippen molar-refractivity contribution < 1.29 is 25.2 Å². The molecule has 0 atom stereocenters. The van der Waals surface area contributed by atoms with E-state index in [1.807, 2.05) is 0 Å². The lowest BCUT2D eigenvalue weighted by Crippen LogP contribution is -1.98. The van der Waals surface area contributed by atoms with Gasteiger partial charge in [0, 0.05) is 23.7 Å². The summed E-state index contributed by atoms with van der Waals surface area (Å²) in [5, 5.41) is 35.3. The predicted octanol–water partition coefficient (Wildman–Crippen LogP) is 2.51. The highest BCUT2D eigenvalue weighted by Gasteiger charge is 2.09. The summed E-state index contributed by atoms with van der Waals surface area (Å²) in [5.41, 5.74) is 1.27. The molecule has 6 heteroatoms. The maximum absolute atomic E-state index is 10.0. The predicted molar refractivity (Wildman–Crippen MR) is 83.5 cm³/mol. The van der Waals surface area contributed by atoms with Gasteiger partial charge < -0.3 is 20.4 Å². The number of rotatable bonds is 8. The van der Waals surface area contributed by atoms with E-state index in [9.17, 15) is 9.90 Å². The zero-order chi connectivity index (χ0) is 17.0. The van der Waals surface area contributed by atoms with Crippen LogP contribution in [-0.2, 0) is 18.0 Å². The third-order valence-electron chi connectivity index (χ3n) is 3.25. The van der Waals surface area contributed by atoms with Gasteiger partial charge in [0.25, 0.3) is 0 Å². The summed E-state index contributed by atoms with van der Waals surface area (Å²) >= 11 is 0. The van der Waals surface area contributed by atoms with E-state index < -0.39 is 5.97 Å². The molecule has 0 unspecified atom stereocenters. The average Bonchev–Trinajstić information content (AvgIpc) is 2.50. The molecule has 0 amide bonds. The summed E-state index contributed by atoms with van der Waals surface area (Å²) in [5.74, 6) is -0.708. The van der Waals surface area contributed by atoms with Crippen molar-refractivity contribution in [2.24, 2.45) is 0 Å². The van der Waals surface area contributed by atoms with Crippen LogP contribution in [0.25, 0.3) is 0 Å². The Bertz CT molecular complexity index is 448. The molecule has 0 aromatic carbocycles. The van der Waals surface area contributed by atoms with Crippen molar-refractivity contribution in [3.63, 3.8) is 0 Å².